The fraction of sp³-hybridized carbons (Fsp3) is 0.185. The highest BCUT2D eigenvalue weighted by Gasteiger charge is 2.21. The normalized spacial score (nSPS) is 11.3. The maximum absolute atomic E-state index is 13.6. The number of anilines is 1. The van der Waals surface area contributed by atoms with Crippen LogP contribution in [0.1, 0.15) is 18.1 Å². The molecule has 0 bridgehead atoms. The van der Waals surface area contributed by atoms with Crippen LogP contribution in [0.25, 0.3) is 22.4 Å². The van der Waals surface area contributed by atoms with E-state index in [9.17, 15) is 9.59 Å². The highest BCUT2D eigenvalue weighted by atomic mass is 32.2. The van der Waals surface area contributed by atoms with Crippen molar-refractivity contribution in [2.45, 2.75) is 25.9 Å². The quantitative estimate of drug-likeness (QED) is 0.325. The lowest BCUT2D eigenvalue weighted by atomic mass is 10.1. The number of thioether (sulfide) groups is 1. The number of hydrogen-bond donors (Lipinski definition) is 0. The van der Waals surface area contributed by atoms with Crippen molar-refractivity contribution >= 4 is 40.0 Å². The minimum Gasteiger partial charge on any atom is -0.312 e. The largest absolute Gasteiger partial charge is 0.312 e. The van der Waals surface area contributed by atoms with Crippen LogP contribution in [0.3, 0.4) is 0 Å². The molecule has 0 saturated carbocycles. The lowest BCUT2D eigenvalue weighted by Crippen LogP contribution is -2.32. The van der Waals surface area contributed by atoms with Gasteiger partial charge in [-0.2, -0.15) is 0 Å². The van der Waals surface area contributed by atoms with Gasteiger partial charge in [-0.3, -0.25) is 14.0 Å². The van der Waals surface area contributed by atoms with Crippen molar-refractivity contribution in [2.24, 2.45) is 0 Å². The van der Waals surface area contributed by atoms with Gasteiger partial charge in [0.25, 0.3) is 5.56 Å². The average molecular weight is 484 g/mol. The topological polar surface area (TPSA) is 72.5 Å². The molecule has 0 unspecified atom stereocenters. The second kappa shape index (κ2) is 9.38. The van der Waals surface area contributed by atoms with Crippen molar-refractivity contribution in [3.63, 3.8) is 0 Å². The minimum atomic E-state index is -0.150. The number of aryl methyl sites for hydroxylation is 1. The molecule has 0 radical (unpaired) electrons. The summed E-state index contributed by atoms with van der Waals surface area (Å²) in [6, 6.07) is 22.9. The second-order valence-corrected chi connectivity index (χ2v) is 9.20. The molecule has 0 aliphatic rings. The molecule has 35 heavy (non-hydrogen) atoms. The average Bonchev–Trinajstić information content (AvgIpc) is 3.30. The Hall–Kier alpha value is -3.91. The summed E-state index contributed by atoms with van der Waals surface area (Å²) in [5, 5.41) is 9.93. The van der Waals surface area contributed by atoms with Gasteiger partial charge in [0.1, 0.15) is 0 Å². The van der Waals surface area contributed by atoms with E-state index in [1.807, 2.05) is 98.0 Å². The maximum atomic E-state index is 13.6. The molecule has 176 valence electrons. The summed E-state index contributed by atoms with van der Waals surface area (Å²) in [7, 11) is 0. The summed E-state index contributed by atoms with van der Waals surface area (Å²) in [4.78, 5) is 28.4. The summed E-state index contributed by atoms with van der Waals surface area (Å²) in [6.07, 6.45) is 0. The minimum absolute atomic E-state index is 0.0207. The molecular formula is C27H25N5O2S. The predicted octanol–water partition coefficient (Wildman–Crippen LogP) is 4.80. The van der Waals surface area contributed by atoms with Gasteiger partial charge in [-0.05, 0) is 62.2 Å². The molecule has 2 heterocycles. The molecule has 5 rings (SSSR count). The first kappa shape index (κ1) is 22.9. The first-order chi connectivity index (χ1) is 17.0. The lowest BCUT2D eigenvalue weighted by Gasteiger charge is -2.20. The summed E-state index contributed by atoms with van der Waals surface area (Å²) in [5.41, 5.74) is 4.28. The van der Waals surface area contributed by atoms with Gasteiger partial charge in [-0.1, -0.05) is 54.2 Å². The van der Waals surface area contributed by atoms with Crippen LogP contribution in [-0.4, -0.2) is 37.4 Å². The van der Waals surface area contributed by atoms with E-state index in [1.165, 1.54) is 11.8 Å². The summed E-state index contributed by atoms with van der Waals surface area (Å²) < 4.78 is 3.49. The Morgan fingerprint density at radius 1 is 0.943 bits per heavy atom. The Morgan fingerprint density at radius 3 is 2.46 bits per heavy atom. The number of para-hydroxylation sites is 2. The predicted molar refractivity (Wildman–Crippen MR) is 141 cm³/mol. The zero-order chi connectivity index (χ0) is 24.5. The number of carbonyl (C=O) groups is 1. The summed E-state index contributed by atoms with van der Waals surface area (Å²) in [6.45, 7) is 6.54. The van der Waals surface area contributed by atoms with Gasteiger partial charge in [0.05, 0.1) is 22.3 Å². The van der Waals surface area contributed by atoms with Crippen LogP contribution in [0, 0.1) is 13.8 Å². The maximum Gasteiger partial charge on any atom is 0.267 e. The third kappa shape index (κ3) is 4.00. The van der Waals surface area contributed by atoms with Crippen LogP contribution < -0.4 is 10.5 Å². The van der Waals surface area contributed by atoms with Gasteiger partial charge >= 0.3 is 0 Å². The van der Waals surface area contributed by atoms with E-state index in [4.69, 9.17) is 0 Å². The number of rotatable bonds is 6. The van der Waals surface area contributed by atoms with Crippen LogP contribution >= 0.6 is 11.8 Å². The molecule has 3 aromatic carbocycles. The van der Waals surface area contributed by atoms with Crippen LogP contribution in [0.2, 0.25) is 0 Å². The zero-order valence-electron chi connectivity index (χ0n) is 19.8. The van der Waals surface area contributed by atoms with Crippen LogP contribution in [0.5, 0.6) is 0 Å². The van der Waals surface area contributed by atoms with Crippen LogP contribution in [-0.2, 0) is 4.79 Å². The molecule has 0 spiro atoms. The first-order valence-corrected chi connectivity index (χ1v) is 12.4. The molecule has 5 aromatic rings. The van der Waals surface area contributed by atoms with Crippen LogP contribution in [0.15, 0.2) is 82.7 Å². The zero-order valence-corrected chi connectivity index (χ0v) is 20.6. The Labute approximate surface area is 207 Å². The van der Waals surface area contributed by atoms with Gasteiger partial charge < -0.3 is 4.90 Å². The Balaban J connectivity index is 1.61. The first-order valence-electron chi connectivity index (χ1n) is 11.4. The van der Waals surface area contributed by atoms with Crippen LogP contribution in [0.4, 0.5) is 5.69 Å². The van der Waals surface area contributed by atoms with Crippen molar-refractivity contribution in [1.29, 1.82) is 0 Å². The molecule has 0 aliphatic heterocycles. The van der Waals surface area contributed by atoms with Gasteiger partial charge in [-0.25, -0.2) is 4.57 Å². The molecule has 0 fully saturated rings. The number of benzene rings is 3. The van der Waals surface area contributed by atoms with Crippen molar-refractivity contribution in [3.05, 3.63) is 94.3 Å². The van der Waals surface area contributed by atoms with Gasteiger partial charge in [-0.15, -0.1) is 10.2 Å². The molecule has 8 heteroatoms. The SMILES string of the molecule is CCN(C(=O)CSc1nnc2n(-c3cccc(C)c3C)c(=O)c3ccccc3n12)c1ccccc1. The van der Waals surface area contributed by atoms with E-state index in [2.05, 4.69) is 10.2 Å². The number of aromatic nitrogens is 4. The third-order valence-electron chi connectivity index (χ3n) is 6.22. The third-order valence-corrected chi connectivity index (χ3v) is 7.14. The number of carbonyl (C=O) groups excluding carboxylic acids is 1. The van der Waals surface area contributed by atoms with Gasteiger partial charge in [0.15, 0.2) is 5.16 Å². The molecule has 1 amide bonds. The summed E-state index contributed by atoms with van der Waals surface area (Å²) >= 11 is 1.32. The van der Waals surface area contributed by atoms with Crippen molar-refractivity contribution in [2.75, 3.05) is 17.2 Å². The molecule has 0 aliphatic carbocycles. The summed E-state index contributed by atoms with van der Waals surface area (Å²) in [5.74, 6) is 0.598. The standard InChI is InChI=1S/C27H25N5O2S/c1-4-30(20-12-6-5-7-13-20)24(33)17-35-27-29-28-26-31(22-16-10-11-18(2)19(22)3)25(34)21-14-8-9-15-23(21)32(26)27/h5-16H,4,17H2,1-3H3. The van der Waals surface area contributed by atoms with E-state index >= 15 is 0 Å². The lowest BCUT2D eigenvalue weighted by molar-refractivity contribution is -0.116. The number of nitrogens with zero attached hydrogens (tertiary/aromatic N) is 5. The Morgan fingerprint density at radius 2 is 1.69 bits per heavy atom. The van der Waals surface area contributed by atoms with Crippen molar-refractivity contribution in [1.82, 2.24) is 19.2 Å². The fourth-order valence-corrected chi connectivity index (χ4v) is 5.10. The number of hydrogen-bond acceptors (Lipinski definition) is 5. The molecule has 0 N–H and O–H groups in total. The molecule has 7 nitrogen and oxygen atoms in total. The fourth-order valence-electron chi connectivity index (χ4n) is 4.28. The second-order valence-electron chi connectivity index (χ2n) is 8.26. The van der Waals surface area contributed by atoms with E-state index in [-0.39, 0.29) is 17.2 Å². The van der Waals surface area contributed by atoms with E-state index in [0.29, 0.717) is 28.4 Å². The monoisotopic (exact) mass is 483 g/mol. The smallest absolute Gasteiger partial charge is 0.267 e. The molecule has 0 atom stereocenters. The van der Waals surface area contributed by atoms with E-state index < -0.39 is 0 Å². The number of fused-ring (bicyclic) bond motifs is 3. The van der Waals surface area contributed by atoms with Gasteiger partial charge in [0, 0.05) is 12.2 Å². The van der Waals surface area contributed by atoms with Crippen molar-refractivity contribution in [3.8, 4) is 5.69 Å². The Bertz CT molecular complexity index is 1610. The van der Waals surface area contributed by atoms with E-state index in [1.54, 1.807) is 9.47 Å². The van der Waals surface area contributed by atoms with Gasteiger partial charge in [0.2, 0.25) is 11.7 Å². The molecule has 2 aromatic heterocycles. The number of amides is 1. The van der Waals surface area contributed by atoms with E-state index in [0.717, 1.165) is 22.5 Å². The van der Waals surface area contributed by atoms with Crippen molar-refractivity contribution < 1.29 is 4.79 Å². The highest BCUT2D eigenvalue weighted by Crippen LogP contribution is 2.26. The Kier molecular flexibility index (Phi) is 6.13. The molecular weight excluding hydrogens is 458 g/mol. The molecule has 0 saturated heterocycles. The highest BCUT2D eigenvalue weighted by molar-refractivity contribution is 7.99.